The van der Waals surface area contributed by atoms with Crippen molar-refractivity contribution in [3.63, 3.8) is 0 Å². The highest BCUT2D eigenvalue weighted by atomic mass is 33.1. The molecular weight excluding hydrogens is 372 g/mol. The van der Waals surface area contributed by atoms with Crippen LogP contribution in [0.4, 0.5) is 11.4 Å². The third-order valence-corrected chi connectivity index (χ3v) is 6.51. The minimum Gasteiger partial charge on any atom is -0.478 e. The summed E-state index contributed by atoms with van der Waals surface area (Å²) in [6.07, 6.45) is 1.03. The van der Waals surface area contributed by atoms with Crippen molar-refractivity contribution in [2.24, 2.45) is 0 Å². The number of benzene rings is 2. The lowest BCUT2D eigenvalue weighted by molar-refractivity contribution is 0.0685. The van der Waals surface area contributed by atoms with Gasteiger partial charge in [-0.1, -0.05) is 35.4 Å². The molecule has 0 aromatic heterocycles. The van der Waals surface area contributed by atoms with Crippen LogP contribution in [0.5, 0.6) is 0 Å². The molecule has 0 radical (unpaired) electrons. The van der Waals surface area contributed by atoms with Gasteiger partial charge in [0.1, 0.15) is 0 Å². The molecule has 0 aliphatic carbocycles. The third kappa shape index (κ3) is 3.91. The highest BCUT2D eigenvalue weighted by molar-refractivity contribution is 8.76. The number of rotatable bonds is 7. The lowest BCUT2D eigenvalue weighted by Crippen LogP contribution is -2.06. The van der Waals surface area contributed by atoms with E-state index in [4.69, 9.17) is 11.5 Å². The van der Waals surface area contributed by atoms with E-state index in [9.17, 15) is 19.8 Å². The third-order valence-electron chi connectivity index (χ3n) is 4.02. The maximum atomic E-state index is 11.3. The molecule has 0 aliphatic rings. The minimum absolute atomic E-state index is 0.206. The number of nitrogen functional groups attached to an aromatic ring is 2. The van der Waals surface area contributed by atoms with Crippen molar-refractivity contribution in [3.05, 3.63) is 46.5 Å². The zero-order valence-electron chi connectivity index (χ0n) is 14.4. The second kappa shape index (κ2) is 8.37. The molecular formula is C18H20N2O4S2. The lowest BCUT2D eigenvalue weighted by Gasteiger charge is -2.14. The van der Waals surface area contributed by atoms with Gasteiger partial charge in [-0.05, 0) is 48.2 Å². The van der Waals surface area contributed by atoms with Crippen LogP contribution in [0.1, 0.15) is 45.7 Å². The Labute approximate surface area is 159 Å². The van der Waals surface area contributed by atoms with Gasteiger partial charge in [-0.2, -0.15) is 0 Å². The van der Waals surface area contributed by atoms with Crippen LogP contribution in [0, 0.1) is 0 Å². The van der Waals surface area contributed by atoms with E-state index < -0.39 is 11.9 Å². The summed E-state index contributed by atoms with van der Waals surface area (Å²) in [6, 6.07) is 6.46. The highest BCUT2D eigenvalue weighted by Gasteiger charge is 2.17. The van der Waals surface area contributed by atoms with Crippen LogP contribution in [0.2, 0.25) is 0 Å². The molecule has 0 atom stereocenters. The number of carboxylic acid groups (broad SMARTS) is 2. The van der Waals surface area contributed by atoms with E-state index >= 15 is 0 Å². The number of hydrogen-bond donors (Lipinski definition) is 4. The molecule has 0 saturated carbocycles. The van der Waals surface area contributed by atoms with Gasteiger partial charge in [-0.3, -0.25) is 0 Å². The SMILES string of the molecule is CCc1c(C(=O)O)ccc(SSc2ccc(C(=O)O)c(CC)c2N)c1N. The normalized spacial score (nSPS) is 10.7. The van der Waals surface area contributed by atoms with Crippen molar-refractivity contribution in [1.82, 2.24) is 0 Å². The summed E-state index contributed by atoms with van der Waals surface area (Å²) in [5.74, 6) is -2.00. The van der Waals surface area contributed by atoms with Crippen molar-refractivity contribution in [1.29, 1.82) is 0 Å². The van der Waals surface area contributed by atoms with Gasteiger partial charge in [-0.15, -0.1) is 0 Å². The Morgan fingerprint density at radius 1 is 0.808 bits per heavy atom. The maximum absolute atomic E-state index is 11.3. The van der Waals surface area contributed by atoms with Crippen LogP contribution in [0.25, 0.3) is 0 Å². The summed E-state index contributed by atoms with van der Waals surface area (Å²) in [5, 5.41) is 18.5. The first kappa shape index (κ1) is 20.0. The molecule has 0 heterocycles. The van der Waals surface area contributed by atoms with E-state index in [0.717, 1.165) is 9.79 Å². The topological polar surface area (TPSA) is 127 Å². The van der Waals surface area contributed by atoms with Gasteiger partial charge in [0.05, 0.1) is 22.5 Å². The molecule has 2 rings (SSSR count). The molecule has 2 aromatic carbocycles. The Morgan fingerprint density at radius 3 is 1.42 bits per heavy atom. The van der Waals surface area contributed by atoms with Crippen LogP contribution >= 0.6 is 21.6 Å². The Kier molecular flexibility index (Phi) is 6.44. The molecule has 0 fully saturated rings. The zero-order valence-corrected chi connectivity index (χ0v) is 16.0. The predicted molar refractivity (Wildman–Crippen MR) is 106 cm³/mol. The second-order valence-corrected chi connectivity index (χ2v) is 7.70. The summed E-state index contributed by atoms with van der Waals surface area (Å²) in [4.78, 5) is 24.1. The molecule has 0 amide bonds. The van der Waals surface area contributed by atoms with Crippen molar-refractivity contribution in [2.75, 3.05) is 11.5 Å². The van der Waals surface area contributed by atoms with Crippen LogP contribution in [-0.2, 0) is 12.8 Å². The standard InChI is InChI=1S/C18H20N2O4S2/c1-3-9-11(17(21)22)5-7-13(15(9)19)25-26-14-8-6-12(18(23)24)10(4-2)16(14)20/h5-8H,3-4,19-20H2,1-2H3,(H,21,22)(H,23,24). The van der Waals surface area contributed by atoms with Crippen LogP contribution in [0.15, 0.2) is 34.1 Å². The number of hydrogen-bond acceptors (Lipinski definition) is 6. The fraction of sp³-hybridized carbons (Fsp3) is 0.222. The summed E-state index contributed by atoms with van der Waals surface area (Å²) in [7, 11) is 2.74. The van der Waals surface area contributed by atoms with Crippen molar-refractivity contribution >= 4 is 44.9 Å². The van der Waals surface area contributed by atoms with Crippen LogP contribution < -0.4 is 11.5 Å². The van der Waals surface area contributed by atoms with Gasteiger partial charge < -0.3 is 21.7 Å². The van der Waals surface area contributed by atoms with E-state index in [-0.39, 0.29) is 11.1 Å². The van der Waals surface area contributed by atoms with Gasteiger partial charge in [0.25, 0.3) is 0 Å². The first-order valence-electron chi connectivity index (χ1n) is 7.95. The fourth-order valence-corrected chi connectivity index (χ4v) is 4.95. The number of nitrogens with two attached hydrogens (primary N) is 2. The van der Waals surface area contributed by atoms with Crippen LogP contribution in [0.3, 0.4) is 0 Å². The first-order chi connectivity index (χ1) is 12.3. The van der Waals surface area contributed by atoms with E-state index in [1.807, 2.05) is 13.8 Å². The second-order valence-electron chi connectivity index (χ2n) is 5.49. The smallest absolute Gasteiger partial charge is 0.336 e. The quantitative estimate of drug-likeness (QED) is 0.408. The van der Waals surface area contributed by atoms with Crippen molar-refractivity contribution in [2.45, 2.75) is 36.5 Å². The molecule has 6 nitrogen and oxygen atoms in total. The van der Waals surface area contributed by atoms with Gasteiger partial charge >= 0.3 is 11.9 Å². The number of carboxylic acids is 2. The Morgan fingerprint density at radius 2 is 1.15 bits per heavy atom. The zero-order chi connectivity index (χ0) is 19.4. The average Bonchev–Trinajstić information content (AvgIpc) is 2.60. The van der Waals surface area contributed by atoms with Gasteiger partial charge in [0.15, 0.2) is 0 Å². The number of carbonyl (C=O) groups is 2. The largest absolute Gasteiger partial charge is 0.478 e. The molecule has 0 bridgehead atoms. The predicted octanol–water partition coefficient (Wildman–Crippen LogP) is 4.17. The Balaban J connectivity index is 2.32. The Hall–Kier alpha value is -2.32. The molecule has 0 saturated heterocycles. The van der Waals surface area contributed by atoms with Crippen molar-refractivity contribution < 1.29 is 19.8 Å². The Bertz CT molecular complexity index is 797. The summed E-state index contributed by atoms with van der Waals surface area (Å²) >= 11 is 0. The summed E-state index contributed by atoms with van der Waals surface area (Å²) < 4.78 is 0. The average molecular weight is 393 g/mol. The maximum Gasteiger partial charge on any atom is 0.336 e. The number of anilines is 2. The summed E-state index contributed by atoms with van der Waals surface area (Å²) in [5.41, 5.74) is 14.8. The van der Waals surface area contributed by atoms with Crippen molar-refractivity contribution in [3.8, 4) is 0 Å². The first-order valence-corrected chi connectivity index (χ1v) is 10.1. The monoisotopic (exact) mass is 392 g/mol. The van der Waals surface area contributed by atoms with E-state index in [0.29, 0.717) is 35.3 Å². The molecule has 6 N–H and O–H groups in total. The molecule has 26 heavy (non-hydrogen) atoms. The lowest BCUT2D eigenvalue weighted by atomic mass is 10.0. The van der Waals surface area contributed by atoms with Gasteiger partial charge in [0.2, 0.25) is 0 Å². The molecule has 138 valence electrons. The highest BCUT2D eigenvalue weighted by Crippen LogP contribution is 2.44. The summed E-state index contributed by atoms with van der Waals surface area (Å²) in [6.45, 7) is 3.71. The molecule has 8 heteroatoms. The molecule has 0 aliphatic heterocycles. The van der Waals surface area contributed by atoms with Gasteiger partial charge in [0, 0.05) is 9.79 Å². The van der Waals surface area contributed by atoms with E-state index in [2.05, 4.69) is 0 Å². The van der Waals surface area contributed by atoms with E-state index in [1.165, 1.54) is 21.6 Å². The molecule has 2 aromatic rings. The van der Waals surface area contributed by atoms with E-state index in [1.54, 1.807) is 24.3 Å². The molecule has 0 spiro atoms. The number of aromatic carboxylic acids is 2. The minimum atomic E-state index is -1.00. The molecule has 0 unspecified atom stereocenters. The fourth-order valence-electron chi connectivity index (χ4n) is 2.68. The van der Waals surface area contributed by atoms with Gasteiger partial charge in [-0.25, -0.2) is 9.59 Å². The van der Waals surface area contributed by atoms with Crippen LogP contribution in [-0.4, -0.2) is 22.2 Å².